The molecule has 0 fully saturated rings. The van der Waals surface area contributed by atoms with Gasteiger partial charge >= 0.3 is 0 Å². The first-order valence-corrected chi connectivity index (χ1v) is 18.0. The highest BCUT2D eigenvalue weighted by Crippen LogP contribution is 2.46. The van der Waals surface area contributed by atoms with Crippen molar-refractivity contribution in [3.05, 3.63) is 189 Å². The first-order valence-electron chi connectivity index (χ1n) is 18.0. The Kier molecular flexibility index (Phi) is 6.55. The standard InChI is InChI=1S/C50H31N3/c1-3-11-34-25-37(19-17-32(34)9-1)49-42-14-5-6-15-43(42)50(38-20-18-33-10-2-4-12-35(33)26-38)45-28-36(21-22-44(45)49)39-27-40(30-52-29-39)53-47-16-8-7-13-41(47)46-31-51-24-23-48(46)53/h1-31H. The van der Waals surface area contributed by atoms with Gasteiger partial charge in [-0.3, -0.25) is 9.97 Å². The summed E-state index contributed by atoms with van der Waals surface area (Å²) in [6.07, 6.45) is 7.77. The third-order valence-electron chi connectivity index (χ3n) is 10.9. The van der Waals surface area contributed by atoms with E-state index in [9.17, 15) is 0 Å². The summed E-state index contributed by atoms with van der Waals surface area (Å²) in [5.74, 6) is 0. The number of pyridine rings is 2. The lowest BCUT2D eigenvalue weighted by Gasteiger charge is -2.19. The van der Waals surface area contributed by atoms with Gasteiger partial charge in [0.25, 0.3) is 0 Å². The molecule has 0 aliphatic carbocycles. The maximum Gasteiger partial charge on any atom is 0.0651 e. The van der Waals surface area contributed by atoms with Gasteiger partial charge < -0.3 is 4.57 Å². The van der Waals surface area contributed by atoms with E-state index in [1.165, 1.54) is 70.7 Å². The summed E-state index contributed by atoms with van der Waals surface area (Å²) in [5, 5.41) is 12.2. The molecule has 11 rings (SSSR count). The molecule has 0 amide bonds. The second kappa shape index (κ2) is 11.7. The summed E-state index contributed by atoms with van der Waals surface area (Å²) in [5.41, 5.74) is 10.4. The third kappa shape index (κ3) is 4.68. The van der Waals surface area contributed by atoms with Crippen LogP contribution in [0, 0.1) is 0 Å². The summed E-state index contributed by atoms with van der Waals surface area (Å²) >= 11 is 0. The van der Waals surface area contributed by atoms with E-state index >= 15 is 0 Å². The Morgan fingerprint density at radius 1 is 0.321 bits per heavy atom. The maximum atomic E-state index is 4.83. The minimum absolute atomic E-state index is 1.02. The van der Waals surface area contributed by atoms with E-state index in [0.717, 1.165) is 33.2 Å². The van der Waals surface area contributed by atoms with Crippen molar-refractivity contribution in [2.45, 2.75) is 0 Å². The molecule has 0 aliphatic heterocycles. The van der Waals surface area contributed by atoms with Crippen LogP contribution in [-0.2, 0) is 0 Å². The lowest BCUT2D eigenvalue weighted by molar-refractivity contribution is 1.14. The molecular formula is C50H31N3. The SMILES string of the molecule is c1ccc2cc(-c3c4ccccc4c(-c4ccc5ccccc5c4)c4cc(-c5cncc(-n6c7ccccc7c7cnccc76)c5)ccc34)ccc2c1. The zero-order chi connectivity index (χ0) is 34.9. The van der Waals surface area contributed by atoms with Crippen LogP contribution in [0.3, 0.4) is 0 Å². The van der Waals surface area contributed by atoms with Crippen molar-refractivity contribution in [3.63, 3.8) is 0 Å². The van der Waals surface area contributed by atoms with Crippen molar-refractivity contribution in [3.8, 4) is 39.1 Å². The molecule has 0 saturated heterocycles. The van der Waals surface area contributed by atoms with Gasteiger partial charge in [0.15, 0.2) is 0 Å². The number of hydrogen-bond donors (Lipinski definition) is 0. The fraction of sp³-hybridized carbons (Fsp3) is 0. The zero-order valence-electron chi connectivity index (χ0n) is 28.7. The Hall–Kier alpha value is -7.10. The van der Waals surface area contributed by atoms with Gasteiger partial charge in [-0.25, -0.2) is 0 Å². The Balaban J connectivity index is 1.19. The maximum absolute atomic E-state index is 4.83. The topological polar surface area (TPSA) is 30.7 Å². The molecule has 0 N–H and O–H groups in total. The monoisotopic (exact) mass is 673 g/mol. The van der Waals surface area contributed by atoms with Crippen LogP contribution in [0.25, 0.3) is 104 Å². The first kappa shape index (κ1) is 29.6. The second-order valence-corrected chi connectivity index (χ2v) is 13.9. The van der Waals surface area contributed by atoms with Crippen LogP contribution in [0.2, 0.25) is 0 Å². The average Bonchev–Trinajstić information content (AvgIpc) is 3.57. The Bertz CT molecular complexity index is 3190. The summed E-state index contributed by atoms with van der Waals surface area (Å²) in [4.78, 5) is 9.28. The van der Waals surface area contributed by atoms with E-state index in [1.54, 1.807) is 0 Å². The van der Waals surface area contributed by atoms with E-state index in [4.69, 9.17) is 4.98 Å². The van der Waals surface area contributed by atoms with Crippen LogP contribution < -0.4 is 0 Å². The highest BCUT2D eigenvalue weighted by atomic mass is 15.0. The molecular weight excluding hydrogens is 643 g/mol. The lowest BCUT2D eigenvalue weighted by Crippen LogP contribution is -1.96. The molecule has 3 heteroatoms. The van der Waals surface area contributed by atoms with Gasteiger partial charge in [-0.1, -0.05) is 127 Å². The Morgan fingerprint density at radius 2 is 0.887 bits per heavy atom. The van der Waals surface area contributed by atoms with E-state index in [-0.39, 0.29) is 0 Å². The largest absolute Gasteiger partial charge is 0.308 e. The van der Waals surface area contributed by atoms with Crippen molar-refractivity contribution in [2.75, 3.05) is 0 Å². The molecule has 0 aliphatic rings. The molecule has 0 unspecified atom stereocenters. The number of hydrogen-bond acceptors (Lipinski definition) is 2. The van der Waals surface area contributed by atoms with Crippen LogP contribution in [-0.4, -0.2) is 14.5 Å². The van der Waals surface area contributed by atoms with Crippen LogP contribution in [0.1, 0.15) is 0 Å². The second-order valence-electron chi connectivity index (χ2n) is 13.9. The number of para-hydroxylation sites is 1. The van der Waals surface area contributed by atoms with Crippen LogP contribution >= 0.6 is 0 Å². The smallest absolute Gasteiger partial charge is 0.0651 e. The van der Waals surface area contributed by atoms with Crippen LogP contribution in [0.5, 0.6) is 0 Å². The third-order valence-corrected chi connectivity index (χ3v) is 10.9. The predicted molar refractivity (Wildman–Crippen MR) is 223 cm³/mol. The molecule has 11 aromatic rings. The van der Waals surface area contributed by atoms with Gasteiger partial charge in [-0.05, 0) is 107 Å². The Morgan fingerprint density at radius 3 is 1.60 bits per heavy atom. The summed E-state index contributed by atoms with van der Waals surface area (Å²) in [6, 6.07) is 59.7. The lowest BCUT2D eigenvalue weighted by atomic mass is 9.84. The molecule has 0 atom stereocenters. The van der Waals surface area contributed by atoms with Crippen LogP contribution in [0.4, 0.5) is 0 Å². The average molecular weight is 674 g/mol. The van der Waals surface area contributed by atoms with Gasteiger partial charge in [-0.15, -0.1) is 0 Å². The van der Waals surface area contributed by atoms with Gasteiger partial charge in [0.05, 0.1) is 22.9 Å². The zero-order valence-corrected chi connectivity index (χ0v) is 28.7. The molecule has 8 aromatic carbocycles. The van der Waals surface area contributed by atoms with Crippen molar-refractivity contribution >= 4 is 64.9 Å². The van der Waals surface area contributed by atoms with Gasteiger partial charge in [0, 0.05) is 34.9 Å². The number of aromatic nitrogens is 3. The van der Waals surface area contributed by atoms with Gasteiger partial charge in [0.2, 0.25) is 0 Å². The van der Waals surface area contributed by atoms with Crippen molar-refractivity contribution in [1.29, 1.82) is 0 Å². The molecule has 246 valence electrons. The summed E-state index contributed by atoms with van der Waals surface area (Å²) in [7, 11) is 0. The number of rotatable bonds is 4. The van der Waals surface area contributed by atoms with Crippen molar-refractivity contribution in [2.24, 2.45) is 0 Å². The van der Waals surface area contributed by atoms with E-state index in [2.05, 4.69) is 173 Å². The van der Waals surface area contributed by atoms with Crippen molar-refractivity contribution < 1.29 is 0 Å². The number of nitrogens with zero attached hydrogens (tertiary/aromatic N) is 3. The minimum Gasteiger partial charge on any atom is -0.308 e. The summed E-state index contributed by atoms with van der Waals surface area (Å²) < 4.78 is 2.30. The number of benzene rings is 8. The molecule has 53 heavy (non-hydrogen) atoms. The van der Waals surface area contributed by atoms with Gasteiger partial charge in [0.1, 0.15) is 0 Å². The van der Waals surface area contributed by atoms with Crippen molar-refractivity contribution in [1.82, 2.24) is 14.5 Å². The predicted octanol–water partition coefficient (Wildman–Crippen LogP) is 13.2. The molecule has 0 radical (unpaired) electrons. The molecule has 0 spiro atoms. The highest BCUT2D eigenvalue weighted by molar-refractivity contribution is 6.22. The molecule has 0 saturated carbocycles. The molecule has 3 nitrogen and oxygen atoms in total. The van der Waals surface area contributed by atoms with E-state index in [0.29, 0.717) is 0 Å². The quantitative estimate of drug-likeness (QED) is 0.174. The van der Waals surface area contributed by atoms with Gasteiger partial charge in [-0.2, -0.15) is 0 Å². The van der Waals surface area contributed by atoms with Crippen LogP contribution in [0.15, 0.2) is 189 Å². The number of fused-ring (bicyclic) bond motifs is 7. The first-order chi connectivity index (χ1) is 26.3. The van der Waals surface area contributed by atoms with E-state index < -0.39 is 0 Å². The fourth-order valence-corrected chi connectivity index (χ4v) is 8.47. The summed E-state index contributed by atoms with van der Waals surface area (Å²) in [6.45, 7) is 0. The molecule has 0 bridgehead atoms. The Labute approximate surface area is 306 Å². The minimum atomic E-state index is 1.02. The fourth-order valence-electron chi connectivity index (χ4n) is 8.47. The molecule has 3 aromatic heterocycles. The molecule has 3 heterocycles. The highest BCUT2D eigenvalue weighted by Gasteiger charge is 2.19. The van der Waals surface area contributed by atoms with E-state index in [1.807, 2.05) is 24.8 Å². The normalized spacial score (nSPS) is 11.8.